The summed E-state index contributed by atoms with van der Waals surface area (Å²) >= 11 is 0. The smallest absolute Gasteiger partial charge is 0.425 e. The van der Waals surface area contributed by atoms with Gasteiger partial charge in [0.25, 0.3) is 6.02 Å². The Labute approximate surface area is 173 Å². The SMILES string of the molecule is NC1=N[C@](CF)(c2cc(C#Cc3ccc4[nH]ccc4c3)ccc2F)C[C@@H](C(F)(F)F)O1. The van der Waals surface area contributed by atoms with Crippen molar-refractivity contribution >= 4 is 16.9 Å². The van der Waals surface area contributed by atoms with Crippen LogP contribution in [0.25, 0.3) is 10.9 Å². The summed E-state index contributed by atoms with van der Waals surface area (Å²) in [5, 5.41) is 0.952. The molecule has 9 heteroatoms. The number of hydrogen-bond donors (Lipinski definition) is 2. The van der Waals surface area contributed by atoms with Crippen LogP contribution in [0.2, 0.25) is 0 Å². The highest BCUT2D eigenvalue weighted by Gasteiger charge is 2.52. The van der Waals surface area contributed by atoms with Crippen LogP contribution in [0.1, 0.15) is 23.1 Å². The third-order valence-corrected chi connectivity index (χ3v) is 5.07. The van der Waals surface area contributed by atoms with Crippen molar-refractivity contribution in [2.75, 3.05) is 6.67 Å². The van der Waals surface area contributed by atoms with Crippen LogP contribution in [0.4, 0.5) is 22.0 Å². The zero-order valence-corrected chi connectivity index (χ0v) is 15.9. The van der Waals surface area contributed by atoms with Crippen molar-refractivity contribution in [3.8, 4) is 11.8 Å². The molecule has 0 amide bonds. The van der Waals surface area contributed by atoms with Gasteiger partial charge in [0.05, 0.1) is 0 Å². The third kappa shape index (κ3) is 4.06. The van der Waals surface area contributed by atoms with E-state index in [0.717, 1.165) is 17.0 Å². The molecule has 0 fully saturated rings. The lowest BCUT2D eigenvalue weighted by Gasteiger charge is -2.36. The monoisotopic (exact) mass is 433 g/mol. The molecular weight excluding hydrogens is 417 g/mol. The number of alkyl halides is 4. The van der Waals surface area contributed by atoms with E-state index in [-0.39, 0.29) is 5.56 Å². The summed E-state index contributed by atoms with van der Waals surface area (Å²) in [6.07, 6.45) is -6.36. The second kappa shape index (κ2) is 7.61. The molecule has 0 bridgehead atoms. The number of amidine groups is 1. The van der Waals surface area contributed by atoms with E-state index in [1.807, 2.05) is 18.2 Å². The van der Waals surface area contributed by atoms with Gasteiger partial charge in [-0.1, -0.05) is 11.8 Å². The second-order valence-electron chi connectivity index (χ2n) is 7.19. The van der Waals surface area contributed by atoms with Gasteiger partial charge in [-0.3, -0.25) is 0 Å². The summed E-state index contributed by atoms with van der Waals surface area (Å²) in [7, 11) is 0. The number of nitrogens with one attached hydrogen (secondary N) is 1. The summed E-state index contributed by atoms with van der Waals surface area (Å²) < 4.78 is 72.8. The first-order chi connectivity index (χ1) is 14.7. The van der Waals surface area contributed by atoms with Crippen LogP contribution >= 0.6 is 0 Å². The molecule has 0 aliphatic carbocycles. The van der Waals surface area contributed by atoms with Gasteiger partial charge in [-0.2, -0.15) is 13.2 Å². The molecule has 2 aromatic carbocycles. The molecule has 2 heterocycles. The maximum absolute atomic E-state index is 14.6. The molecule has 0 radical (unpaired) electrons. The number of aliphatic imine (C=N–C) groups is 1. The maximum atomic E-state index is 14.6. The van der Waals surface area contributed by atoms with E-state index in [1.54, 1.807) is 12.3 Å². The fraction of sp³-hybridized carbons (Fsp3) is 0.227. The minimum atomic E-state index is -4.81. The highest BCUT2D eigenvalue weighted by Crippen LogP contribution is 2.41. The molecule has 160 valence electrons. The quantitative estimate of drug-likeness (QED) is 0.461. The van der Waals surface area contributed by atoms with Gasteiger partial charge in [0.1, 0.15) is 18.0 Å². The predicted molar refractivity (Wildman–Crippen MR) is 105 cm³/mol. The van der Waals surface area contributed by atoms with Gasteiger partial charge in [-0.25, -0.2) is 13.8 Å². The summed E-state index contributed by atoms with van der Waals surface area (Å²) in [4.78, 5) is 6.78. The van der Waals surface area contributed by atoms with Crippen molar-refractivity contribution in [3.05, 3.63) is 71.2 Å². The largest absolute Gasteiger partial charge is 0.452 e. The van der Waals surface area contributed by atoms with Gasteiger partial charge in [0.2, 0.25) is 0 Å². The lowest BCUT2D eigenvalue weighted by atomic mass is 9.84. The molecular formula is C22H16F5N3O. The van der Waals surface area contributed by atoms with Gasteiger partial charge in [-0.05, 0) is 42.5 Å². The van der Waals surface area contributed by atoms with Crippen LogP contribution in [0.5, 0.6) is 0 Å². The fourth-order valence-corrected chi connectivity index (χ4v) is 3.52. The topological polar surface area (TPSA) is 63.4 Å². The Morgan fingerprint density at radius 2 is 1.84 bits per heavy atom. The Kier molecular flexibility index (Phi) is 5.09. The fourth-order valence-electron chi connectivity index (χ4n) is 3.52. The average Bonchev–Trinajstić information content (AvgIpc) is 3.20. The van der Waals surface area contributed by atoms with E-state index in [2.05, 4.69) is 26.6 Å². The Morgan fingerprint density at radius 3 is 2.55 bits per heavy atom. The van der Waals surface area contributed by atoms with E-state index in [4.69, 9.17) is 5.73 Å². The van der Waals surface area contributed by atoms with Gasteiger partial charge < -0.3 is 15.5 Å². The predicted octanol–water partition coefficient (Wildman–Crippen LogP) is 4.54. The number of aromatic amines is 1. The molecule has 3 N–H and O–H groups in total. The van der Waals surface area contributed by atoms with Gasteiger partial charge in [0.15, 0.2) is 6.10 Å². The lowest BCUT2D eigenvalue weighted by molar-refractivity contribution is -0.209. The number of H-pyrrole nitrogens is 1. The average molecular weight is 433 g/mol. The molecule has 1 aliphatic rings. The molecule has 2 atom stereocenters. The van der Waals surface area contributed by atoms with E-state index >= 15 is 0 Å². The first-order valence-electron chi connectivity index (χ1n) is 9.24. The number of rotatable bonds is 2. The van der Waals surface area contributed by atoms with Crippen LogP contribution in [-0.2, 0) is 10.3 Å². The number of ether oxygens (including phenoxy) is 1. The minimum Gasteiger partial charge on any atom is -0.452 e. The summed E-state index contributed by atoms with van der Waals surface area (Å²) in [5.41, 5.74) is 4.78. The third-order valence-electron chi connectivity index (χ3n) is 5.07. The Hall–Kier alpha value is -3.54. The Morgan fingerprint density at radius 1 is 1.13 bits per heavy atom. The summed E-state index contributed by atoms with van der Waals surface area (Å²) in [6.45, 7) is -1.39. The number of fused-ring (bicyclic) bond motifs is 1. The van der Waals surface area contributed by atoms with Crippen molar-refractivity contribution in [2.24, 2.45) is 10.7 Å². The summed E-state index contributed by atoms with van der Waals surface area (Å²) in [6, 6.07) is 10.1. The standard InChI is InChI=1S/C22H16F5N3O/c23-12-21(11-19(22(25,26)27)31-20(28)30-21)16-10-14(3-5-17(16)24)2-1-13-4-6-18-15(9-13)7-8-29-18/h3-10,19,29H,11-12H2,(H2,28,30)/t19-,21+/m0/s1. The number of nitrogens with zero attached hydrogens (tertiary/aromatic N) is 1. The van der Waals surface area contributed by atoms with Crippen LogP contribution in [0, 0.1) is 17.7 Å². The first kappa shape index (κ1) is 20.7. The normalized spacial score (nSPS) is 21.2. The molecule has 3 aromatic rings. The van der Waals surface area contributed by atoms with Crippen molar-refractivity contribution in [1.29, 1.82) is 0 Å². The van der Waals surface area contributed by atoms with Crippen LogP contribution in [0.15, 0.2) is 53.7 Å². The van der Waals surface area contributed by atoms with Crippen molar-refractivity contribution in [2.45, 2.75) is 24.2 Å². The number of benzene rings is 2. The van der Waals surface area contributed by atoms with Crippen LogP contribution in [-0.4, -0.2) is 30.0 Å². The number of hydrogen-bond acceptors (Lipinski definition) is 3. The molecule has 4 rings (SSSR count). The van der Waals surface area contributed by atoms with Crippen molar-refractivity contribution in [1.82, 2.24) is 4.98 Å². The number of aromatic nitrogens is 1. The molecule has 4 nitrogen and oxygen atoms in total. The molecule has 0 spiro atoms. The molecule has 31 heavy (non-hydrogen) atoms. The van der Waals surface area contributed by atoms with Crippen molar-refractivity contribution in [3.63, 3.8) is 0 Å². The van der Waals surface area contributed by atoms with Crippen molar-refractivity contribution < 1.29 is 26.7 Å². The molecule has 0 saturated heterocycles. The summed E-state index contributed by atoms with van der Waals surface area (Å²) in [5.74, 6) is 4.85. The zero-order chi connectivity index (χ0) is 22.2. The van der Waals surface area contributed by atoms with E-state index in [0.29, 0.717) is 11.1 Å². The van der Waals surface area contributed by atoms with Gasteiger partial charge >= 0.3 is 6.18 Å². The van der Waals surface area contributed by atoms with E-state index < -0.39 is 42.8 Å². The second-order valence-corrected chi connectivity index (χ2v) is 7.19. The highest BCUT2D eigenvalue weighted by atomic mass is 19.4. The van der Waals surface area contributed by atoms with Crippen LogP contribution < -0.4 is 5.73 Å². The Balaban J connectivity index is 1.72. The first-order valence-corrected chi connectivity index (χ1v) is 9.24. The van der Waals surface area contributed by atoms with Gasteiger partial charge in [0, 0.05) is 40.2 Å². The lowest BCUT2D eigenvalue weighted by Crippen LogP contribution is -2.48. The molecule has 0 saturated carbocycles. The van der Waals surface area contributed by atoms with Gasteiger partial charge in [-0.15, -0.1) is 0 Å². The number of halogens is 5. The van der Waals surface area contributed by atoms with E-state index in [9.17, 15) is 22.0 Å². The molecule has 1 aromatic heterocycles. The molecule has 0 unspecified atom stereocenters. The Bertz CT molecular complexity index is 1220. The molecule has 1 aliphatic heterocycles. The number of nitrogens with two attached hydrogens (primary N) is 1. The maximum Gasteiger partial charge on any atom is 0.425 e. The minimum absolute atomic E-state index is 0.294. The zero-order valence-electron chi connectivity index (χ0n) is 15.9. The highest BCUT2D eigenvalue weighted by molar-refractivity contribution is 5.80. The van der Waals surface area contributed by atoms with Crippen LogP contribution in [0.3, 0.4) is 0 Å². The van der Waals surface area contributed by atoms with E-state index in [1.165, 1.54) is 12.1 Å².